The summed E-state index contributed by atoms with van der Waals surface area (Å²) in [6, 6.07) is -1.12. The normalized spacial score (nSPS) is 12.1. The van der Waals surface area contributed by atoms with Gasteiger partial charge in [-0.05, 0) is 6.42 Å². The molecule has 0 aliphatic carbocycles. The Labute approximate surface area is 153 Å². The van der Waals surface area contributed by atoms with Crippen molar-refractivity contribution in [2.75, 3.05) is 6.61 Å². The molecule has 25 heavy (non-hydrogen) atoms. The van der Waals surface area contributed by atoms with Crippen molar-refractivity contribution < 1.29 is 19.4 Å². The molecule has 5 nitrogen and oxygen atoms in total. The van der Waals surface area contributed by atoms with E-state index in [2.05, 4.69) is 11.7 Å². The van der Waals surface area contributed by atoms with Crippen LogP contribution in [0, 0.1) is 0 Å². The van der Waals surface area contributed by atoms with E-state index in [1.807, 2.05) is 0 Å². The van der Waals surface area contributed by atoms with Gasteiger partial charge in [0.1, 0.15) is 6.04 Å². The summed E-state index contributed by atoms with van der Waals surface area (Å²) in [5.41, 5.74) is 5.27. The number of unbranched alkanes of at least 4 members (excludes halogenated alkanes) is 13. The number of carbonyl (C=O) groups excluding carboxylic acids is 2. The molecule has 0 aromatic carbocycles. The second kappa shape index (κ2) is 17.9. The molecule has 0 fully saturated rings. The van der Waals surface area contributed by atoms with Gasteiger partial charge in [-0.3, -0.25) is 4.79 Å². The van der Waals surface area contributed by atoms with E-state index in [9.17, 15) is 9.59 Å². The largest absolute Gasteiger partial charge is 0.394 e. The summed E-state index contributed by atoms with van der Waals surface area (Å²) in [4.78, 5) is 22.6. The number of aliphatic hydroxyl groups excluding tert-OH is 1. The molecular formula is C20H39NO4. The molecule has 0 saturated heterocycles. The molecule has 3 N–H and O–H groups in total. The lowest BCUT2D eigenvalue weighted by Crippen LogP contribution is -2.36. The summed E-state index contributed by atoms with van der Waals surface area (Å²) >= 11 is 0. The summed E-state index contributed by atoms with van der Waals surface area (Å²) in [5.74, 6) is -1.40. The number of carbonyl (C=O) groups is 2. The van der Waals surface area contributed by atoms with Gasteiger partial charge in [0.15, 0.2) is 0 Å². The van der Waals surface area contributed by atoms with Crippen LogP contribution in [0.2, 0.25) is 0 Å². The third-order valence-corrected chi connectivity index (χ3v) is 4.45. The highest BCUT2D eigenvalue weighted by Crippen LogP contribution is 2.13. The molecule has 0 aliphatic heterocycles. The van der Waals surface area contributed by atoms with Gasteiger partial charge < -0.3 is 15.6 Å². The Kier molecular flexibility index (Phi) is 17.2. The molecule has 1 atom stereocenters. The summed E-state index contributed by atoms with van der Waals surface area (Å²) < 4.78 is 4.55. The minimum atomic E-state index is -1.12. The smallest absolute Gasteiger partial charge is 0.332 e. The number of aliphatic hydroxyl groups is 1. The summed E-state index contributed by atoms with van der Waals surface area (Å²) in [5, 5.41) is 8.69. The first-order chi connectivity index (χ1) is 12.1. The molecule has 0 saturated carbocycles. The van der Waals surface area contributed by atoms with Crippen molar-refractivity contribution in [2.24, 2.45) is 5.73 Å². The lowest BCUT2D eigenvalue weighted by atomic mass is 10.0. The highest BCUT2D eigenvalue weighted by molar-refractivity contribution is 5.88. The second-order valence-corrected chi connectivity index (χ2v) is 6.93. The predicted molar refractivity (Wildman–Crippen MR) is 101 cm³/mol. The summed E-state index contributed by atoms with van der Waals surface area (Å²) in [6.07, 6.45) is 17.8. The molecule has 148 valence electrons. The van der Waals surface area contributed by atoms with Crippen LogP contribution in [0.4, 0.5) is 0 Å². The lowest BCUT2D eigenvalue weighted by Gasteiger charge is -2.07. The average molecular weight is 358 g/mol. The topological polar surface area (TPSA) is 89.6 Å². The van der Waals surface area contributed by atoms with Crippen LogP contribution in [0.5, 0.6) is 0 Å². The fourth-order valence-corrected chi connectivity index (χ4v) is 2.78. The molecule has 0 bridgehead atoms. The van der Waals surface area contributed by atoms with E-state index in [-0.39, 0.29) is 6.42 Å². The van der Waals surface area contributed by atoms with Crippen molar-refractivity contribution in [3.8, 4) is 0 Å². The number of esters is 2. The van der Waals surface area contributed by atoms with E-state index in [0.717, 1.165) is 19.3 Å². The van der Waals surface area contributed by atoms with Crippen molar-refractivity contribution >= 4 is 11.9 Å². The Morgan fingerprint density at radius 2 is 1.20 bits per heavy atom. The van der Waals surface area contributed by atoms with Gasteiger partial charge in [0.2, 0.25) is 0 Å². The van der Waals surface area contributed by atoms with Crippen molar-refractivity contribution in [1.29, 1.82) is 0 Å². The Morgan fingerprint density at radius 1 is 0.800 bits per heavy atom. The van der Waals surface area contributed by atoms with Crippen LogP contribution in [0.1, 0.15) is 103 Å². The highest BCUT2D eigenvalue weighted by Gasteiger charge is 2.17. The zero-order chi connectivity index (χ0) is 18.8. The first-order valence-electron chi connectivity index (χ1n) is 10.2. The number of ether oxygens (including phenoxy) is 1. The third kappa shape index (κ3) is 16.3. The van der Waals surface area contributed by atoms with Crippen molar-refractivity contribution in [3.63, 3.8) is 0 Å². The Bertz CT molecular complexity index is 334. The zero-order valence-corrected chi connectivity index (χ0v) is 16.1. The molecule has 0 heterocycles. The molecule has 0 aliphatic rings. The fourth-order valence-electron chi connectivity index (χ4n) is 2.78. The van der Waals surface area contributed by atoms with E-state index in [4.69, 9.17) is 10.8 Å². The second-order valence-electron chi connectivity index (χ2n) is 6.93. The Hall–Kier alpha value is -0.940. The number of nitrogens with two attached hydrogens (primary N) is 1. The third-order valence-electron chi connectivity index (χ3n) is 4.45. The molecule has 0 unspecified atom stereocenters. The van der Waals surface area contributed by atoms with E-state index >= 15 is 0 Å². The minimum Gasteiger partial charge on any atom is -0.394 e. The van der Waals surface area contributed by atoms with Gasteiger partial charge in [-0.1, -0.05) is 90.4 Å². The monoisotopic (exact) mass is 357 g/mol. The molecule has 0 rings (SSSR count). The molecule has 5 heteroatoms. The minimum absolute atomic E-state index is 0.238. The van der Waals surface area contributed by atoms with Gasteiger partial charge in [-0.15, -0.1) is 0 Å². The zero-order valence-electron chi connectivity index (χ0n) is 16.1. The number of hydrogen-bond donors (Lipinski definition) is 2. The number of rotatable bonds is 17. The van der Waals surface area contributed by atoms with Crippen LogP contribution in [0.15, 0.2) is 0 Å². The average Bonchev–Trinajstić information content (AvgIpc) is 2.61. The van der Waals surface area contributed by atoms with Crippen LogP contribution in [-0.2, 0) is 14.3 Å². The molecule has 0 aromatic heterocycles. The van der Waals surface area contributed by atoms with Gasteiger partial charge in [-0.25, -0.2) is 4.79 Å². The van der Waals surface area contributed by atoms with Gasteiger partial charge in [0.05, 0.1) is 6.61 Å². The van der Waals surface area contributed by atoms with E-state index in [1.165, 1.54) is 70.6 Å². The molecule has 0 spiro atoms. The SMILES string of the molecule is CCCCCCCCCCCCCCCCC(=O)OC(=O)[C@@H](N)CO. The number of hydrogen-bond acceptors (Lipinski definition) is 5. The van der Waals surface area contributed by atoms with Crippen LogP contribution < -0.4 is 5.73 Å². The maximum Gasteiger partial charge on any atom is 0.332 e. The van der Waals surface area contributed by atoms with Gasteiger partial charge in [0, 0.05) is 6.42 Å². The summed E-state index contributed by atoms with van der Waals surface area (Å²) in [6.45, 7) is 1.74. The maximum absolute atomic E-state index is 11.4. The lowest BCUT2D eigenvalue weighted by molar-refractivity contribution is -0.161. The van der Waals surface area contributed by atoms with Gasteiger partial charge in [0.25, 0.3) is 0 Å². The van der Waals surface area contributed by atoms with Crippen molar-refractivity contribution in [1.82, 2.24) is 0 Å². The first-order valence-corrected chi connectivity index (χ1v) is 10.2. The molecule has 0 aromatic rings. The molecule has 0 radical (unpaired) electrons. The first kappa shape index (κ1) is 24.1. The highest BCUT2D eigenvalue weighted by atomic mass is 16.6. The van der Waals surface area contributed by atoms with Gasteiger partial charge in [-0.2, -0.15) is 0 Å². The maximum atomic E-state index is 11.4. The van der Waals surface area contributed by atoms with Crippen LogP contribution in [-0.4, -0.2) is 29.7 Å². The van der Waals surface area contributed by atoms with Crippen LogP contribution >= 0.6 is 0 Å². The Morgan fingerprint density at radius 3 is 1.60 bits per heavy atom. The van der Waals surface area contributed by atoms with Crippen molar-refractivity contribution in [2.45, 2.75) is 109 Å². The predicted octanol–water partition coefficient (Wildman–Crippen LogP) is 4.25. The van der Waals surface area contributed by atoms with E-state index in [0.29, 0.717) is 0 Å². The quantitative estimate of drug-likeness (QED) is 0.231. The standard InChI is InChI=1S/C20H39NO4/c1-2-3-4-5-6-7-8-9-10-11-12-13-14-15-16-19(23)25-20(24)18(21)17-22/h18,22H,2-17,21H2,1H3/t18-/m0/s1. The fraction of sp³-hybridized carbons (Fsp3) is 0.900. The molecular weight excluding hydrogens is 318 g/mol. The molecule has 0 amide bonds. The van der Waals surface area contributed by atoms with Crippen molar-refractivity contribution in [3.05, 3.63) is 0 Å². The van der Waals surface area contributed by atoms with Crippen LogP contribution in [0.3, 0.4) is 0 Å². The Balaban J connectivity index is 3.26. The van der Waals surface area contributed by atoms with Crippen LogP contribution in [0.25, 0.3) is 0 Å². The van der Waals surface area contributed by atoms with E-state index in [1.54, 1.807) is 0 Å². The van der Waals surface area contributed by atoms with E-state index < -0.39 is 24.6 Å². The van der Waals surface area contributed by atoms with Gasteiger partial charge >= 0.3 is 11.9 Å². The summed E-state index contributed by atoms with van der Waals surface area (Å²) in [7, 11) is 0.